The lowest BCUT2D eigenvalue weighted by Crippen LogP contribution is -2.63. The van der Waals surface area contributed by atoms with E-state index in [1.807, 2.05) is 0 Å². The van der Waals surface area contributed by atoms with Gasteiger partial charge in [0.2, 0.25) is 0 Å². The first-order valence-electron chi connectivity index (χ1n) is 11.4. The van der Waals surface area contributed by atoms with Crippen molar-refractivity contribution in [1.82, 2.24) is 0 Å². The maximum absolute atomic E-state index is 12.9. The molecule has 4 unspecified atom stereocenters. The largest absolute Gasteiger partial charge is 0.458 e. The van der Waals surface area contributed by atoms with E-state index in [0.717, 1.165) is 58.0 Å². The van der Waals surface area contributed by atoms with Gasteiger partial charge in [-0.25, -0.2) is 0 Å². The molecular weight excluding hydrogens is 436 g/mol. The number of alkyl halides is 1. The fraction of sp³-hybridized carbons (Fsp3) is 0.913. The summed E-state index contributed by atoms with van der Waals surface area (Å²) in [5, 5.41) is 10.4. The zero-order chi connectivity index (χ0) is 20.6. The minimum atomic E-state index is -0.380. The number of esters is 1. The fourth-order valence-corrected chi connectivity index (χ4v) is 9.81. The standard InChI is InChI=1S/C23H33BrO5/c1-13(25)28-11-19(27)18-4-3-16-15-9-20-23(24)10-14(26)5-8-22(23,12-29-20)17(15)6-7-21(16,18)2/h14-18,20,26H,3-12H2,1-2H3/t14-,15?,16?,17?,18?,20-,21-,22-,23-/m0/s1. The molecule has 0 aromatic heterocycles. The third kappa shape index (κ3) is 2.70. The molecule has 1 aliphatic heterocycles. The smallest absolute Gasteiger partial charge is 0.303 e. The molecule has 1 saturated heterocycles. The highest BCUT2D eigenvalue weighted by atomic mass is 79.9. The SMILES string of the molecule is CC(=O)OCC(=O)C1CCC2C3C[C@@H]4OC[C@@]5(CC[C@H](O)C[C@]45Br)C3CC[C@]12C. The van der Waals surface area contributed by atoms with Crippen molar-refractivity contribution in [3.63, 3.8) is 0 Å². The minimum absolute atomic E-state index is 0.00713. The number of Topliss-reactive ketones (excluding diaryl/α,β-unsaturated/α-hetero) is 1. The first kappa shape index (κ1) is 20.4. The van der Waals surface area contributed by atoms with Crippen LogP contribution < -0.4 is 0 Å². The molecule has 5 nitrogen and oxygen atoms in total. The molecule has 0 spiro atoms. The van der Waals surface area contributed by atoms with Crippen molar-refractivity contribution in [2.45, 2.75) is 81.7 Å². The van der Waals surface area contributed by atoms with Crippen LogP contribution in [-0.4, -0.2) is 46.6 Å². The molecule has 0 aromatic rings. The van der Waals surface area contributed by atoms with Crippen LogP contribution in [0.4, 0.5) is 0 Å². The van der Waals surface area contributed by atoms with Gasteiger partial charge in [0.25, 0.3) is 0 Å². The van der Waals surface area contributed by atoms with Gasteiger partial charge < -0.3 is 14.6 Å². The fourth-order valence-electron chi connectivity index (χ4n) is 8.51. The topological polar surface area (TPSA) is 72.8 Å². The average molecular weight is 469 g/mol. The Morgan fingerprint density at radius 1 is 1.17 bits per heavy atom. The summed E-state index contributed by atoms with van der Waals surface area (Å²) in [4.78, 5) is 24.1. The maximum atomic E-state index is 12.9. The van der Waals surface area contributed by atoms with Crippen molar-refractivity contribution in [2.75, 3.05) is 13.2 Å². The van der Waals surface area contributed by atoms with Gasteiger partial charge in [0.1, 0.15) is 6.61 Å². The van der Waals surface area contributed by atoms with Crippen molar-refractivity contribution in [2.24, 2.45) is 34.5 Å². The molecule has 2 bridgehead atoms. The maximum Gasteiger partial charge on any atom is 0.303 e. The predicted molar refractivity (Wildman–Crippen MR) is 110 cm³/mol. The van der Waals surface area contributed by atoms with Gasteiger partial charge in [0, 0.05) is 18.3 Å². The van der Waals surface area contributed by atoms with Crippen LogP contribution in [0.3, 0.4) is 0 Å². The molecule has 0 aromatic carbocycles. The molecule has 162 valence electrons. The molecule has 1 heterocycles. The summed E-state index contributed by atoms with van der Waals surface area (Å²) in [6.45, 7) is 4.42. The number of halogens is 1. The highest BCUT2D eigenvalue weighted by molar-refractivity contribution is 9.10. The quantitative estimate of drug-likeness (QED) is 0.505. The second kappa shape index (κ2) is 6.77. The minimum Gasteiger partial charge on any atom is -0.458 e. The number of hydrogen-bond acceptors (Lipinski definition) is 5. The van der Waals surface area contributed by atoms with Crippen molar-refractivity contribution < 1.29 is 24.2 Å². The second-order valence-electron chi connectivity index (χ2n) is 10.7. The summed E-state index contributed by atoms with van der Waals surface area (Å²) in [5.74, 6) is 1.47. The Balaban J connectivity index is 1.41. The summed E-state index contributed by atoms with van der Waals surface area (Å²) in [7, 11) is 0. The lowest BCUT2D eigenvalue weighted by Gasteiger charge is -2.62. The van der Waals surface area contributed by atoms with Crippen molar-refractivity contribution in [3.05, 3.63) is 0 Å². The number of hydrogen-bond donors (Lipinski definition) is 1. The molecule has 0 amide bonds. The number of fused-ring (bicyclic) bond motifs is 3. The van der Waals surface area contributed by atoms with Gasteiger partial charge in [0.15, 0.2) is 5.78 Å². The number of carbonyl (C=O) groups is 2. The summed E-state index contributed by atoms with van der Waals surface area (Å²) in [6, 6.07) is 0. The van der Waals surface area contributed by atoms with E-state index in [9.17, 15) is 14.7 Å². The average Bonchev–Trinajstić information content (AvgIpc) is 3.08. The van der Waals surface area contributed by atoms with E-state index < -0.39 is 0 Å². The Hall–Kier alpha value is -0.460. The summed E-state index contributed by atoms with van der Waals surface area (Å²) in [6.07, 6.45) is 7.89. The number of carbonyl (C=O) groups excluding carboxylic acids is 2. The predicted octanol–water partition coefficient (Wildman–Crippen LogP) is 3.64. The van der Waals surface area contributed by atoms with Crippen molar-refractivity contribution in [1.29, 1.82) is 0 Å². The van der Waals surface area contributed by atoms with E-state index in [0.29, 0.717) is 17.8 Å². The highest BCUT2D eigenvalue weighted by Crippen LogP contribution is 2.72. The van der Waals surface area contributed by atoms with Crippen LogP contribution in [-0.2, 0) is 19.1 Å². The third-order valence-corrected chi connectivity index (χ3v) is 11.4. The van der Waals surface area contributed by atoms with Gasteiger partial charge in [-0.2, -0.15) is 0 Å². The molecule has 4 saturated carbocycles. The molecule has 5 aliphatic rings. The Morgan fingerprint density at radius 3 is 2.72 bits per heavy atom. The van der Waals surface area contributed by atoms with Crippen LogP contribution in [0.25, 0.3) is 0 Å². The molecule has 1 N–H and O–H groups in total. The summed E-state index contributed by atoms with van der Waals surface area (Å²) < 4.78 is 11.4. The molecule has 5 rings (SSSR count). The van der Waals surface area contributed by atoms with E-state index in [-0.39, 0.29) is 51.6 Å². The zero-order valence-corrected chi connectivity index (χ0v) is 19.1. The van der Waals surface area contributed by atoms with E-state index in [1.165, 1.54) is 6.92 Å². The third-order valence-electron chi connectivity index (χ3n) is 9.78. The van der Waals surface area contributed by atoms with Gasteiger partial charge in [0.05, 0.1) is 23.1 Å². The van der Waals surface area contributed by atoms with Crippen LogP contribution in [0.5, 0.6) is 0 Å². The molecule has 0 radical (unpaired) electrons. The van der Waals surface area contributed by atoms with Crippen molar-refractivity contribution in [3.8, 4) is 0 Å². The van der Waals surface area contributed by atoms with Crippen LogP contribution >= 0.6 is 15.9 Å². The first-order chi connectivity index (χ1) is 13.7. The number of ether oxygens (including phenoxy) is 2. The van der Waals surface area contributed by atoms with Crippen LogP contribution in [0.15, 0.2) is 0 Å². The van der Waals surface area contributed by atoms with E-state index in [4.69, 9.17) is 9.47 Å². The lowest BCUT2D eigenvalue weighted by molar-refractivity contribution is -0.150. The van der Waals surface area contributed by atoms with Gasteiger partial charge in [-0.1, -0.05) is 22.9 Å². The zero-order valence-electron chi connectivity index (χ0n) is 17.5. The molecule has 6 heteroatoms. The lowest BCUT2D eigenvalue weighted by atomic mass is 9.44. The molecule has 29 heavy (non-hydrogen) atoms. The Labute approximate surface area is 181 Å². The van der Waals surface area contributed by atoms with E-state index >= 15 is 0 Å². The first-order valence-corrected chi connectivity index (χ1v) is 12.2. The second-order valence-corrected chi connectivity index (χ2v) is 12.2. The number of aliphatic hydroxyl groups excluding tert-OH is 1. The normalized spacial score (nSPS) is 53.0. The van der Waals surface area contributed by atoms with Crippen LogP contribution in [0, 0.1) is 34.5 Å². The van der Waals surface area contributed by atoms with Gasteiger partial charge >= 0.3 is 5.97 Å². The molecular formula is C23H33BrO5. The molecule has 4 aliphatic carbocycles. The Kier molecular flexibility index (Phi) is 4.77. The van der Waals surface area contributed by atoms with Crippen LogP contribution in [0.2, 0.25) is 0 Å². The number of ketones is 1. The Morgan fingerprint density at radius 2 is 1.97 bits per heavy atom. The van der Waals surface area contributed by atoms with Gasteiger partial charge in [-0.3, -0.25) is 9.59 Å². The molecule has 9 atom stereocenters. The summed E-state index contributed by atoms with van der Waals surface area (Å²) in [5.41, 5.74) is 0.135. The van der Waals surface area contributed by atoms with Crippen molar-refractivity contribution >= 4 is 27.7 Å². The number of aliphatic hydroxyl groups is 1. The van der Waals surface area contributed by atoms with Gasteiger partial charge in [-0.15, -0.1) is 0 Å². The number of rotatable bonds is 3. The van der Waals surface area contributed by atoms with E-state index in [1.54, 1.807) is 0 Å². The van der Waals surface area contributed by atoms with E-state index in [2.05, 4.69) is 22.9 Å². The summed E-state index contributed by atoms with van der Waals surface area (Å²) >= 11 is 4.13. The monoisotopic (exact) mass is 468 g/mol. The van der Waals surface area contributed by atoms with Crippen LogP contribution in [0.1, 0.15) is 65.2 Å². The molecule has 5 fully saturated rings. The Bertz CT molecular complexity index is 726. The van der Waals surface area contributed by atoms with Gasteiger partial charge in [-0.05, 0) is 74.5 Å². The highest BCUT2D eigenvalue weighted by Gasteiger charge is 2.72.